The molecule has 0 amide bonds. The van der Waals surface area contributed by atoms with E-state index in [4.69, 9.17) is 9.84 Å². The number of nitrogens with zero attached hydrogens (tertiary/aromatic N) is 3. The number of piperidine rings is 1. The lowest BCUT2D eigenvalue weighted by molar-refractivity contribution is 0.0384. The maximum absolute atomic E-state index is 5.45. The van der Waals surface area contributed by atoms with Gasteiger partial charge >= 0.3 is 0 Å². The third-order valence-corrected chi connectivity index (χ3v) is 5.15. The first-order valence-corrected chi connectivity index (χ1v) is 8.56. The molecule has 3 rings (SSSR count). The van der Waals surface area contributed by atoms with Crippen LogP contribution < -0.4 is 0 Å². The zero-order valence-electron chi connectivity index (χ0n) is 13.6. The van der Waals surface area contributed by atoms with Crippen LogP contribution in [-0.4, -0.2) is 41.0 Å². The fourth-order valence-corrected chi connectivity index (χ4v) is 3.86. The van der Waals surface area contributed by atoms with E-state index in [0.29, 0.717) is 12.1 Å². The van der Waals surface area contributed by atoms with Gasteiger partial charge < -0.3 is 4.74 Å². The minimum absolute atomic E-state index is 0.461. The van der Waals surface area contributed by atoms with Crippen LogP contribution in [0.1, 0.15) is 62.4 Å². The van der Waals surface area contributed by atoms with Gasteiger partial charge in [-0.15, -0.1) is 0 Å². The SMILES string of the molecule is COC1CCN(Cc2cc(C)n(C3CCCCC3)n2)CC1. The zero-order chi connectivity index (χ0) is 14.7. The van der Waals surface area contributed by atoms with E-state index < -0.39 is 0 Å². The highest BCUT2D eigenvalue weighted by molar-refractivity contribution is 5.10. The predicted octanol–water partition coefficient (Wildman–Crippen LogP) is 3.31. The Bertz CT molecular complexity index is 443. The number of aromatic nitrogens is 2. The number of hydrogen-bond donors (Lipinski definition) is 0. The second-order valence-electron chi connectivity index (χ2n) is 6.72. The summed E-state index contributed by atoms with van der Waals surface area (Å²) < 4.78 is 7.75. The zero-order valence-corrected chi connectivity index (χ0v) is 13.6. The Balaban J connectivity index is 1.59. The molecule has 0 spiro atoms. The van der Waals surface area contributed by atoms with Crippen LogP contribution in [0.5, 0.6) is 0 Å². The van der Waals surface area contributed by atoms with E-state index in [-0.39, 0.29) is 0 Å². The van der Waals surface area contributed by atoms with Crippen LogP contribution in [0.25, 0.3) is 0 Å². The van der Waals surface area contributed by atoms with Gasteiger partial charge in [0.1, 0.15) is 0 Å². The molecule has 2 fully saturated rings. The van der Waals surface area contributed by atoms with Crippen molar-refractivity contribution in [3.63, 3.8) is 0 Å². The van der Waals surface area contributed by atoms with E-state index in [9.17, 15) is 0 Å². The summed E-state index contributed by atoms with van der Waals surface area (Å²) in [4.78, 5) is 2.52. The smallest absolute Gasteiger partial charge is 0.0767 e. The highest BCUT2D eigenvalue weighted by Gasteiger charge is 2.21. The van der Waals surface area contributed by atoms with Gasteiger partial charge in [0.05, 0.1) is 17.8 Å². The molecule has 1 aromatic heterocycles. The molecule has 2 heterocycles. The predicted molar refractivity (Wildman–Crippen MR) is 84.4 cm³/mol. The van der Waals surface area contributed by atoms with Crippen LogP contribution in [0.3, 0.4) is 0 Å². The van der Waals surface area contributed by atoms with Gasteiger partial charge in [-0.05, 0) is 38.7 Å². The molecule has 0 atom stereocenters. The summed E-state index contributed by atoms with van der Waals surface area (Å²) in [6.45, 7) is 5.47. The van der Waals surface area contributed by atoms with Gasteiger partial charge in [-0.1, -0.05) is 19.3 Å². The standard InChI is InChI=1S/C17H29N3O/c1-14-12-15(13-19-10-8-17(21-2)9-11-19)18-20(14)16-6-4-3-5-7-16/h12,16-17H,3-11,13H2,1-2H3. The van der Waals surface area contributed by atoms with Crippen LogP contribution in [0.2, 0.25) is 0 Å². The molecular formula is C17H29N3O. The first-order chi connectivity index (χ1) is 10.3. The van der Waals surface area contributed by atoms with Crippen LogP contribution in [-0.2, 0) is 11.3 Å². The van der Waals surface area contributed by atoms with Crippen LogP contribution in [0.15, 0.2) is 6.07 Å². The third kappa shape index (κ3) is 3.67. The van der Waals surface area contributed by atoms with Gasteiger partial charge in [0.25, 0.3) is 0 Å². The van der Waals surface area contributed by atoms with Crippen molar-refractivity contribution in [3.05, 3.63) is 17.5 Å². The van der Waals surface area contributed by atoms with Crippen molar-refractivity contribution in [2.45, 2.75) is 70.6 Å². The van der Waals surface area contributed by atoms with Crippen molar-refractivity contribution in [2.75, 3.05) is 20.2 Å². The van der Waals surface area contributed by atoms with Crippen LogP contribution >= 0.6 is 0 Å². The molecule has 21 heavy (non-hydrogen) atoms. The lowest BCUT2D eigenvalue weighted by Gasteiger charge is -2.30. The Morgan fingerprint density at radius 1 is 1.14 bits per heavy atom. The summed E-state index contributed by atoms with van der Waals surface area (Å²) in [5, 5.41) is 4.91. The number of likely N-dealkylation sites (tertiary alicyclic amines) is 1. The number of aryl methyl sites for hydroxylation is 1. The summed E-state index contributed by atoms with van der Waals surface area (Å²) >= 11 is 0. The molecule has 118 valence electrons. The average Bonchev–Trinajstić information content (AvgIpc) is 2.89. The minimum Gasteiger partial charge on any atom is -0.381 e. The van der Waals surface area contributed by atoms with E-state index >= 15 is 0 Å². The monoisotopic (exact) mass is 291 g/mol. The molecule has 1 aliphatic heterocycles. The molecule has 1 saturated heterocycles. The molecular weight excluding hydrogens is 262 g/mol. The minimum atomic E-state index is 0.461. The van der Waals surface area contributed by atoms with Crippen molar-refractivity contribution >= 4 is 0 Å². The summed E-state index contributed by atoms with van der Waals surface area (Å²) in [5.41, 5.74) is 2.58. The van der Waals surface area contributed by atoms with Crippen molar-refractivity contribution in [1.82, 2.24) is 14.7 Å². The summed E-state index contributed by atoms with van der Waals surface area (Å²) in [6.07, 6.45) is 9.51. The Kier molecular flexibility index (Phi) is 4.96. The molecule has 0 unspecified atom stereocenters. The highest BCUT2D eigenvalue weighted by atomic mass is 16.5. The van der Waals surface area contributed by atoms with Crippen molar-refractivity contribution in [3.8, 4) is 0 Å². The van der Waals surface area contributed by atoms with E-state index in [1.165, 1.54) is 43.5 Å². The molecule has 1 saturated carbocycles. The molecule has 2 aliphatic rings. The quantitative estimate of drug-likeness (QED) is 0.852. The number of hydrogen-bond acceptors (Lipinski definition) is 3. The lowest BCUT2D eigenvalue weighted by Crippen LogP contribution is -2.36. The summed E-state index contributed by atoms with van der Waals surface area (Å²) in [7, 11) is 1.83. The maximum atomic E-state index is 5.45. The fraction of sp³-hybridized carbons (Fsp3) is 0.824. The number of rotatable bonds is 4. The third-order valence-electron chi connectivity index (χ3n) is 5.15. The molecule has 0 bridgehead atoms. The van der Waals surface area contributed by atoms with E-state index in [1.54, 1.807) is 0 Å². The van der Waals surface area contributed by atoms with Gasteiger partial charge in [-0.25, -0.2) is 0 Å². The lowest BCUT2D eigenvalue weighted by atomic mass is 9.95. The maximum Gasteiger partial charge on any atom is 0.0767 e. The topological polar surface area (TPSA) is 30.3 Å². The molecule has 4 nitrogen and oxygen atoms in total. The molecule has 0 aromatic carbocycles. The highest BCUT2D eigenvalue weighted by Crippen LogP contribution is 2.29. The van der Waals surface area contributed by atoms with E-state index in [0.717, 1.165) is 32.5 Å². The Hall–Kier alpha value is -0.870. The first-order valence-electron chi connectivity index (χ1n) is 8.56. The molecule has 0 N–H and O–H groups in total. The molecule has 1 aliphatic carbocycles. The van der Waals surface area contributed by atoms with Crippen molar-refractivity contribution in [1.29, 1.82) is 0 Å². The summed E-state index contributed by atoms with van der Waals surface area (Å²) in [5.74, 6) is 0. The van der Waals surface area contributed by atoms with Gasteiger partial charge in [0.2, 0.25) is 0 Å². The number of ether oxygens (including phenoxy) is 1. The number of methoxy groups -OCH3 is 1. The first kappa shape index (κ1) is 15.0. The van der Waals surface area contributed by atoms with Crippen LogP contribution in [0.4, 0.5) is 0 Å². The fourth-order valence-electron chi connectivity index (χ4n) is 3.86. The van der Waals surface area contributed by atoms with E-state index in [1.807, 2.05) is 7.11 Å². The average molecular weight is 291 g/mol. The second-order valence-corrected chi connectivity index (χ2v) is 6.72. The van der Waals surface area contributed by atoms with Gasteiger partial charge in [0, 0.05) is 32.4 Å². The normalized spacial score (nSPS) is 22.8. The Labute approximate surface area is 128 Å². The molecule has 1 aromatic rings. The van der Waals surface area contributed by atoms with E-state index in [2.05, 4.69) is 22.6 Å². The van der Waals surface area contributed by atoms with Crippen LogP contribution in [0, 0.1) is 6.92 Å². The van der Waals surface area contributed by atoms with Gasteiger partial charge in [-0.2, -0.15) is 5.10 Å². The largest absolute Gasteiger partial charge is 0.381 e. The van der Waals surface area contributed by atoms with Crippen molar-refractivity contribution < 1.29 is 4.74 Å². The Morgan fingerprint density at radius 2 is 1.86 bits per heavy atom. The second kappa shape index (κ2) is 6.93. The Morgan fingerprint density at radius 3 is 2.52 bits per heavy atom. The van der Waals surface area contributed by atoms with Gasteiger partial charge in [-0.3, -0.25) is 9.58 Å². The van der Waals surface area contributed by atoms with Gasteiger partial charge in [0.15, 0.2) is 0 Å². The molecule has 4 heteroatoms. The molecule has 0 radical (unpaired) electrons. The van der Waals surface area contributed by atoms with Crippen molar-refractivity contribution in [2.24, 2.45) is 0 Å². The summed E-state index contributed by atoms with van der Waals surface area (Å²) in [6, 6.07) is 2.93.